The first-order valence-electron chi connectivity index (χ1n) is 8.12. The van der Waals surface area contributed by atoms with Crippen LogP contribution in [-0.2, 0) is 33.0 Å². The lowest BCUT2D eigenvalue weighted by Gasteiger charge is -2.12. The summed E-state index contributed by atoms with van der Waals surface area (Å²) >= 11 is 0.843. The van der Waals surface area contributed by atoms with Gasteiger partial charge in [0.1, 0.15) is 12.0 Å². The van der Waals surface area contributed by atoms with Crippen LogP contribution in [-0.4, -0.2) is 27.0 Å². The van der Waals surface area contributed by atoms with E-state index in [0.717, 1.165) is 42.3 Å². The van der Waals surface area contributed by atoms with E-state index < -0.39 is 11.9 Å². The second-order valence-electron chi connectivity index (χ2n) is 5.42. The molecule has 0 fully saturated rings. The summed E-state index contributed by atoms with van der Waals surface area (Å²) in [4.78, 5) is 29.7. The highest BCUT2D eigenvalue weighted by Crippen LogP contribution is 2.29. The molecule has 0 aliphatic rings. The second kappa shape index (κ2) is 8.19. The summed E-state index contributed by atoms with van der Waals surface area (Å²) in [5, 5.41) is 9.06. The number of hydrogen-bond donors (Lipinski definition) is 2. The maximum Gasteiger partial charge on any atom is 0.318 e. The topological polar surface area (TPSA) is 92.3 Å². The molecule has 0 saturated heterocycles. The summed E-state index contributed by atoms with van der Waals surface area (Å²) in [6.07, 6.45) is 2.42. The monoisotopic (exact) mass is 350 g/mol. The van der Waals surface area contributed by atoms with E-state index in [4.69, 9.17) is 9.29 Å². The van der Waals surface area contributed by atoms with Gasteiger partial charge >= 0.3 is 11.9 Å². The summed E-state index contributed by atoms with van der Waals surface area (Å²) < 4.78 is 5.02. The molecule has 130 valence electrons. The summed E-state index contributed by atoms with van der Waals surface area (Å²) in [5.74, 6) is -1.59. The van der Waals surface area contributed by atoms with Gasteiger partial charge in [0.15, 0.2) is 0 Å². The van der Waals surface area contributed by atoms with Crippen LogP contribution in [0.5, 0.6) is 0 Å². The quantitative estimate of drug-likeness (QED) is 0.706. The third kappa shape index (κ3) is 4.08. The van der Waals surface area contributed by atoms with E-state index >= 15 is 0 Å². The molecule has 1 heterocycles. The molecule has 1 aromatic heterocycles. The van der Waals surface area contributed by atoms with Crippen LogP contribution in [0.15, 0.2) is 11.2 Å². The van der Waals surface area contributed by atoms with E-state index in [9.17, 15) is 9.59 Å². The summed E-state index contributed by atoms with van der Waals surface area (Å²) in [6.45, 7) is 6.39. The minimum atomic E-state index is -1.02. The fourth-order valence-corrected chi connectivity index (χ4v) is 3.34. The van der Waals surface area contributed by atoms with Crippen molar-refractivity contribution in [1.82, 2.24) is 9.97 Å². The first kappa shape index (κ1) is 18.3. The van der Waals surface area contributed by atoms with E-state index in [1.807, 2.05) is 0 Å². The molecule has 0 aliphatic carbocycles. The van der Waals surface area contributed by atoms with Crippen molar-refractivity contribution in [3.05, 3.63) is 22.8 Å². The van der Waals surface area contributed by atoms with Gasteiger partial charge in [-0.15, -0.1) is 0 Å². The molecule has 0 spiro atoms. The maximum atomic E-state index is 11.5. The number of benzene rings is 1. The number of aryl methyl sites for hydroxylation is 2. The van der Waals surface area contributed by atoms with Gasteiger partial charge in [-0.2, -0.15) is 0 Å². The number of hydrogen-bond acceptors (Lipinski definition) is 5. The highest BCUT2D eigenvalue weighted by atomic mass is 32.2. The van der Waals surface area contributed by atoms with Crippen LogP contribution < -0.4 is 0 Å². The number of carboxylic acids is 1. The second-order valence-corrected chi connectivity index (χ2v) is 6.14. The average Bonchev–Trinajstić information content (AvgIpc) is 2.98. The number of nitrogens with zero attached hydrogens (tertiary/aromatic N) is 1. The molecule has 0 saturated carbocycles. The number of H-pyrrole nitrogens is 1. The number of aliphatic carboxylic acids is 1. The lowest BCUT2D eigenvalue weighted by Crippen LogP contribution is -2.03. The predicted molar refractivity (Wildman–Crippen MR) is 93.0 cm³/mol. The minimum Gasteiger partial charge on any atom is -0.481 e. The Labute approximate surface area is 145 Å². The van der Waals surface area contributed by atoms with Gasteiger partial charge in [-0.3, -0.25) is 9.59 Å². The van der Waals surface area contributed by atoms with Gasteiger partial charge in [-0.25, -0.2) is 4.98 Å². The lowest BCUT2D eigenvalue weighted by molar-refractivity contribution is -0.141. The van der Waals surface area contributed by atoms with Gasteiger partial charge in [0.2, 0.25) is 5.16 Å². The van der Waals surface area contributed by atoms with Crippen LogP contribution in [0.25, 0.3) is 11.0 Å². The number of rotatable bonds is 8. The average molecular weight is 350 g/mol. The number of nitrogens with one attached hydrogen (secondary N) is 1. The number of aromatic amines is 1. The van der Waals surface area contributed by atoms with Crippen molar-refractivity contribution in [2.45, 2.75) is 58.0 Å². The summed E-state index contributed by atoms with van der Waals surface area (Å²) in [7, 11) is 0. The molecule has 0 atom stereocenters. The van der Waals surface area contributed by atoms with Crippen LogP contribution in [0.3, 0.4) is 0 Å². The Morgan fingerprint density at radius 1 is 1.17 bits per heavy atom. The van der Waals surface area contributed by atoms with Gasteiger partial charge in [-0.05, 0) is 42.0 Å². The smallest absolute Gasteiger partial charge is 0.318 e. The highest BCUT2D eigenvalue weighted by Gasteiger charge is 2.16. The number of carbonyl (C=O) groups is 2. The van der Waals surface area contributed by atoms with Crippen molar-refractivity contribution in [2.75, 3.05) is 0 Å². The zero-order chi connectivity index (χ0) is 17.7. The molecule has 24 heavy (non-hydrogen) atoms. The van der Waals surface area contributed by atoms with Crippen LogP contribution in [0.4, 0.5) is 0 Å². The van der Waals surface area contributed by atoms with E-state index in [1.165, 1.54) is 16.7 Å². The Balaban J connectivity index is 2.21. The first-order valence-corrected chi connectivity index (χ1v) is 8.86. The number of imidazole rings is 1. The largest absolute Gasteiger partial charge is 0.481 e. The molecule has 0 aliphatic heterocycles. The third-order valence-electron chi connectivity index (χ3n) is 3.91. The highest BCUT2D eigenvalue weighted by molar-refractivity contribution is 7.94. The Bertz CT molecular complexity index is 755. The van der Waals surface area contributed by atoms with Crippen molar-refractivity contribution in [1.29, 1.82) is 0 Å². The third-order valence-corrected chi connectivity index (χ3v) is 4.53. The number of fused-ring (bicyclic) bond motifs is 1. The standard InChI is InChI=1S/C17H22N2O4S/c1-4-10-9-13-16(12(6-3)11(10)5-2)19-17(18-13)24-23-15(22)8-7-14(20)21/h9H,4-8H2,1-3H3,(H,18,19)(H,20,21). The van der Waals surface area contributed by atoms with E-state index in [-0.39, 0.29) is 12.8 Å². The zero-order valence-corrected chi connectivity index (χ0v) is 15.0. The molecular formula is C17H22N2O4S. The lowest BCUT2D eigenvalue weighted by atomic mass is 9.94. The SMILES string of the molecule is CCc1cc2[nH]c(SOC(=O)CCC(=O)O)nc2c(CC)c1CC. The molecular weight excluding hydrogens is 328 g/mol. The fourth-order valence-electron chi connectivity index (χ4n) is 2.81. The van der Waals surface area contributed by atoms with Gasteiger partial charge in [0.05, 0.1) is 23.9 Å². The van der Waals surface area contributed by atoms with E-state index in [0.29, 0.717) is 5.16 Å². The van der Waals surface area contributed by atoms with Crippen molar-refractivity contribution < 1.29 is 18.9 Å². The van der Waals surface area contributed by atoms with Crippen molar-refractivity contribution in [2.24, 2.45) is 0 Å². The number of carbonyl (C=O) groups excluding carboxylic acids is 1. The molecule has 0 bridgehead atoms. The first-order chi connectivity index (χ1) is 11.5. The van der Waals surface area contributed by atoms with Crippen molar-refractivity contribution >= 4 is 35.0 Å². The summed E-state index contributed by atoms with van der Waals surface area (Å²) in [6, 6.07) is 2.11. The number of aromatic nitrogens is 2. The van der Waals surface area contributed by atoms with E-state index in [1.54, 1.807) is 0 Å². The Kier molecular flexibility index (Phi) is 6.25. The zero-order valence-electron chi connectivity index (χ0n) is 14.1. The molecule has 2 N–H and O–H groups in total. The molecule has 7 heteroatoms. The Hall–Kier alpha value is -2.02. The fraction of sp³-hybridized carbons (Fsp3) is 0.471. The molecule has 6 nitrogen and oxygen atoms in total. The van der Waals surface area contributed by atoms with Crippen LogP contribution in [0.1, 0.15) is 50.3 Å². The Morgan fingerprint density at radius 2 is 1.88 bits per heavy atom. The van der Waals surface area contributed by atoms with E-state index in [2.05, 4.69) is 36.8 Å². The summed E-state index contributed by atoms with van der Waals surface area (Å²) in [5.41, 5.74) is 5.72. The van der Waals surface area contributed by atoms with Crippen LogP contribution in [0.2, 0.25) is 0 Å². The normalized spacial score (nSPS) is 11.0. The van der Waals surface area contributed by atoms with Crippen molar-refractivity contribution in [3.8, 4) is 0 Å². The molecule has 0 radical (unpaired) electrons. The molecule has 2 aromatic rings. The predicted octanol–water partition coefficient (Wildman–Crippen LogP) is 3.67. The van der Waals surface area contributed by atoms with Crippen LogP contribution >= 0.6 is 12.0 Å². The molecule has 2 rings (SSSR count). The molecule has 1 aromatic carbocycles. The van der Waals surface area contributed by atoms with Gasteiger partial charge < -0.3 is 14.3 Å². The minimum absolute atomic E-state index is 0.150. The van der Waals surface area contributed by atoms with Crippen molar-refractivity contribution in [3.63, 3.8) is 0 Å². The molecule has 0 amide bonds. The van der Waals surface area contributed by atoms with Gasteiger partial charge in [-0.1, -0.05) is 20.8 Å². The molecule has 0 unspecified atom stereocenters. The van der Waals surface area contributed by atoms with Gasteiger partial charge in [0.25, 0.3) is 0 Å². The van der Waals surface area contributed by atoms with Gasteiger partial charge in [0, 0.05) is 0 Å². The van der Waals surface area contributed by atoms with Crippen LogP contribution in [0, 0.1) is 0 Å². The maximum absolute atomic E-state index is 11.5. The Morgan fingerprint density at radius 3 is 2.46 bits per heavy atom. The number of carboxylic acid groups (broad SMARTS) is 1.